The van der Waals surface area contributed by atoms with Crippen LogP contribution in [0.5, 0.6) is 0 Å². The highest BCUT2D eigenvalue weighted by Crippen LogP contribution is 2.21. The summed E-state index contributed by atoms with van der Waals surface area (Å²) >= 11 is 0. The first-order valence-electron chi connectivity index (χ1n) is 7.52. The van der Waals surface area contributed by atoms with E-state index in [4.69, 9.17) is 9.47 Å². The Balaban J connectivity index is 4.29. The fourth-order valence-electron chi connectivity index (χ4n) is 2.18. The van der Waals surface area contributed by atoms with Gasteiger partial charge in [-0.15, -0.1) is 0 Å². The summed E-state index contributed by atoms with van der Waals surface area (Å²) in [6.07, 6.45) is 2.27. The second-order valence-electron chi connectivity index (χ2n) is 5.56. The molecular formula is C15H34N2O2. The number of nitrogens with one attached hydrogen (secondary N) is 1. The Morgan fingerprint density at radius 2 is 1.74 bits per heavy atom. The summed E-state index contributed by atoms with van der Waals surface area (Å²) < 4.78 is 10.4. The third kappa shape index (κ3) is 9.38. The third-order valence-corrected chi connectivity index (χ3v) is 3.70. The third-order valence-electron chi connectivity index (χ3n) is 3.70. The number of ether oxygens (including phenoxy) is 2. The van der Waals surface area contributed by atoms with E-state index in [1.807, 2.05) is 0 Å². The molecule has 4 heteroatoms. The van der Waals surface area contributed by atoms with Gasteiger partial charge in [0.05, 0.1) is 6.61 Å². The molecule has 0 aliphatic carbocycles. The number of hydrogen-bond acceptors (Lipinski definition) is 4. The van der Waals surface area contributed by atoms with Crippen molar-refractivity contribution in [2.24, 2.45) is 5.41 Å². The van der Waals surface area contributed by atoms with Crippen LogP contribution in [0.25, 0.3) is 0 Å². The van der Waals surface area contributed by atoms with Crippen molar-refractivity contribution in [3.63, 3.8) is 0 Å². The molecular weight excluding hydrogens is 240 g/mol. The molecule has 1 N–H and O–H groups in total. The number of methoxy groups -OCH3 is 2. The largest absolute Gasteiger partial charge is 0.385 e. The van der Waals surface area contributed by atoms with Gasteiger partial charge in [-0.1, -0.05) is 20.8 Å². The van der Waals surface area contributed by atoms with Crippen molar-refractivity contribution >= 4 is 0 Å². The Bertz CT molecular complexity index is 203. The maximum atomic E-state index is 5.22. The van der Waals surface area contributed by atoms with E-state index in [0.717, 1.165) is 52.4 Å². The highest BCUT2D eigenvalue weighted by Gasteiger charge is 2.24. The average Bonchev–Trinajstić information content (AvgIpc) is 2.42. The van der Waals surface area contributed by atoms with Gasteiger partial charge in [0, 0.05) is 47.0 Å². The Labute approximate surface area is 119 Å². The SMILES string of the molecule is CCNCC(C)(CC)CN(CCCOC)CCOC. The molecule has 116 valence electrons. The Morgan fingerprint density at radius 3 is 2.26 bits per heavy atom. The lowest BCUT2D eigenvalue weighted by molar-refractivity contribution is 0.0981. The topological polar surface area (TPSA) is 33.7 Å². The van der Waals surface area contributed by atoms with Gasteiger partial charge in [-0.05, 0) is 24.8 Å². The molecule has 1 unspecified atom stereocenters. The molecule has 0 amide bonds. The number of hydrogen-bond donors (Lipinski definition) is 1. The zero-order chi connectivity index (χ0) is 14.6. The molecule has 0 spiro atoms. The van der Waals surface area contributed by atoms with Crippen molar-refractivity contribution < 1.29 is 9.47 Å². The van der Waals surface area contributed by atoms with Crippen LogP contribution in [0.2, 0.25) is 0 Å². The lowest BCUT2D eigenvalue weighted by Gasteiger charge is -2.35. The Morgan fingerprint density at radius 1 is 1.05 bits per heavy atom. The predicted molar refractivity (Wildman–Crippen MR) is 81.8 cm³/mol. The van der Waals surface area contributed by atoms with Crippen molar-refractivity contribution in [1.29, 1.82) is 0 Å². The van der Waals surface area contributed by atoms with Gasteiger partial charge in [0.15, 0.2) is 0 Å². The molecule has 0 rings (SSSR count). The van der Waals surface area contributed by atoms with E-state index >= 15 is 0 Å². The summed E-state index contributed by atoms with van der Waals surface area (Å²) in [6.45, 7) is 13.8. The molecule has 1 atom stereocenters. The van der Waals surface area contributed by atoms with Crippen LogP contribution in [0.15, 0.2) is 0 Å². The van der Waals surface area contributed by atoms with Gasteiger partial charge in [-0.25, -0.2) is 0 Å². The van der Waals surface area contributed by atoms with Crippen LogP contribution < -0.4 is 5.32 Å². The molecule has 0 heterocycles. The molecule has 19 heavy (non-hydrogen) atoms. The van der Waals surface area contributed by atoms with Gasteiger partial charge in [0.25, 0.3) is 0 Å². The fourth-order valence-corrected chi connectivity index (χ4v) is 2.18. The molecule has 0 saturated heterocycles. The van der Waals surface area contributed by atoms with Gasteiger partial charge in [0.2, 0.25) is 0 Å². The second kappa shape index (κ2) is 11.6. The van der Waals surface area contributed by atoms with E-state index in [2.05, 4.69) is 31.0 Å². The van der Waals surface area contributed by atoms with Gasteiger partial charge in [0.1, 0.15) is 0 Å². The van der Waals surface area contributed by atoms with E-state index in [-0.39, 0.29) is 0 Å². The molecule has 0 radical (unpaired) electrons. The minimum absolute atomic E-state index is 0.330. The molecule has 0 aliphatic rings. The first kappa shape index (κ1) is 18.8. The van der Waals surface area contributed by atoms with Crippen LogP contribution in [0.3, 0.4) is 0 Å². The van der Waals surface area contributed by atoms with Crippen LogP contribution in [-0.2, 0) is 9.47 Å². The summed E-state index contributed by atoms with van der Waals surface area (Å²) in [5.74, 6) is 0. The molecule has 0 aromatic rings. The second-order valence-corrected chi connectivity index (χ2v) is 5.56. The maximum absolute atomic E-state index is 5.22. The lowest BCUT2D eigenvalue weighted by Crippen LogP contribution is -2.43. The molecule has 0 bridgehead atoms. The highest BCUT2D eigenvalue weighted by atomic mass is 16.5. The maximum Gasteiger partial charge on any atom is 0.0589 e. The van der Waals surface area contributed by atoms with Gasteiger partial charge in [-0.2, -0.15) is 0 Å². The van der Waals surface area contributed by atoms with Crippen molar-refractivity contribution in [2.45, 2.75) is 33.6 Å². The average molecular weight is 274 g/mol. The van der Waals surface area contributed by atoms with Crippen molar-refractivity contribution in [3.8, 4) is 0 Å². The molecule has 4 nitrogen and oxygen atoms in total. The molecule has 0 aliphatic heterocycles. The lowest BCUT2D eigenvalue weighted by atomic mass is 9.86. The summed E-state index contributed by atoms with van der Waals surface area (Å²) in [6, 6.07) is 0. The quantitative estimate of drug-likeness (QED) is 0.521. The molecule has 0 fully saturated rings. The van der Waals surface area contributed by atoms with Crippen LogP contribution >= 0.6 is 0 Å². The van der Waals surface area contributed by atoms with E-state index < -0.39 is 0 Å². The van der Waals surface area contributed by atoms with E-state index in [9.17, 15) is 0 Å². The number of nitrogens with zero attached hydrogens (tertiary/aromatic N) is 1. The van der Waals surface area contributed by atoms with Crippen molar-refractivity contribution in [2.75, 3.05) is 60.2 Å². The van der Waals surface area contributed by atoms with Crippen LogP contribution in [-0.4, -0.2) is 65.1 Å². The Hall–Kier alpha value is -0.160. The van der Waals surface area contributed by atoms with Gasteiger partial charge in [-0.3, -0.25) is 0 Å². The zero-order valence-electron chi connectivity index (χ0n) is 13.6. The van der Waals surface area contributed by atoms with E-state index in [1.54, 1.807) is 14.2 Å². The predicted octanol–water partition coefficient (Wildman–Crippen LogP) is 2.00. The zero-order valence-corrected chi connectivity index (χ0v) is 13.6. The molecule has 0 aromatic carbocycles. The summed E-state index contributed by atoms with van der Waals surface area (Å²) in [4.78, 5) is 2.50. The Kier molecular flexibility index (Phi) is 11.6. The van der Waals surface area contributed by atoms with Crippen LogP contribution in [0.4, 0.5) is 0 Å². The summed E-state index contributed by atoms with van der Waals surface area (Å²) in [7, 11) is 3.53. The number of rotatable bonds is 13. The monoisotopic (exact) mass is 274 g/mol. The summed E-state index contributed by atoms with van der Waals surface area (Å²) in [5.41, 5.74) is 0.330. The van der Waals surface area contributed by atoms with Crippen LogP contribution in [0.1, 0.15) is 33.6 Å². The van der Waals surface area contributed by atoms with E-state index in [0.29, 0.717) is 5.41 Å². The van der Waals surface area contributed by atoms with E-state index in [1.165, 1.54) is 6.42 Å². The minimum atomic E-state index is 0.330. The van der Waals surface area contributed by atoms with Gasteiger partial charge >= 0.3 is 0 Å². The molecule has 0 aromatic heterocycles. The summed E-state index contributed by atoms with van der Waals surface area (Å²) in [5, 5.41) is 3.49. The standard InChI is InChI=1S/C15H34N2O2/c1-6-15(3,13-16-7-2)14-17(10-12-19-5)9-8-11-18-4/h16H,6-14H2,1-5H3. The smallest absolute Gasteiger partial charge is 0.0589 e. The fraction of sp³-hybridized carbons (Fsp3) is 1.00. The first-order valence-corrected chi connectivity index (χ1v) is 7.52. The van der Waals surface area contributed by atoms with Gasteiger partial charge < -0.3 is 19.7 Å². The van der Waals surface area contributed by atoms with Crippen molar-refractivity contribution in [1.82, 2.24) is 10.2 Å². The normalized spacial score (nSPS) is 14.8. The minimum Gasteiger partial charge on any atom is -0.385 e. The van der Waals surface area contributed by atoms with Crippen LogP contribution in [0, 0.1) is 5.41 Å². The first-order chi connectivity index (χ1) is 9.11. The molecule has 0 saturated carbocycles. The van der Waals surface area contributed by atoms with Crippen molar-refractivity contribution in [3.05, 3.63) is 0 Å². The highest BCUT2D eigenvalue weighted by molar-refractivity contribution is 4.79.